The van der Waals surface area contributed by atoms with Gasteiger partial charge in [-0.1, -0.05) is 31.0 Å². The molecule has 1 aromatic carbocycles. The summed E-state index contributed by atoms with van der Waals surface area (Å²) in [6, 6.07) is 7.78. The number of aliphatic hydroxyl groups excluding tert-OH is 1. The van der Waals surface area contributed by atoms with Gasteiger partial charge in [0.05, 0.1) is 6.61 Å². The quantitative estimate of drug-likeness (QED) is 0.647. The van der Waals surface area contributed by atoms with Crippen LogP contribution in [0.5, 0.6) is 0 Å². The van der Waals surface area contributed by atoms with E-state index in [0.717, 1.165) is 0 Å². The van der Waals surface area contributed by atoms with Crippen molar-refractivity contribution in [1.29, 1.82) is 0 Å². The fourth-order valence-corrected chi connectivity index (χ4v) is 1.33. The number of anilines is 1. The van der Waals surface area contributed by atoms with Crippen LogP contribution in [0.1, 0.15) is 0 Å². The van der Waals surface area contributed by atoms with E-state index >= 15 is 0 Å². The Bertz CT molecular complexity index is 304. The molecule has 1 atom stereocenters. The molecule has 0 fully saturated rings. The fraction of sp³-hybridized carbons (Fsp3) is 0.222. The summed E-state index contributed by atoms with van der Waals surface area (Å²) in [4.78, 5) is 10.7. The largest absolute Gasteiger partial charge is 0.480 e. The van der Waals surface area contributed by atoms with E-state index in [2.05, 4.69) is 12.8 Å². The average Bonchev–Trinajstić information content (AvgIpc) is 2.19. The van der Waals surface area contributed by atoms with E-state index < -0.39 is 18.6 Å². The molecule has 2 N–H and O–H groups in total. The topological polar surface area (TPSA) is 60.8 Å². The number of carboxylic acid groups (broad SMARTS) is 1. The van der Waals surface area contributed by atoms with Crippen LogP contribution in [0.3, 0.4) is 0 Å². The lowest BCUT2D eigenvalue weighted by atomic mass is 10.2. The molecule has 0 aliphatic heterocycles. The van der Waals surface area contributed by atoms with Crippen molar-refractivity contribution in [2.75, 3.05) is 10.9 Å². The minimum atomic E-state index is -1.11. The van der Waals surface area contributed by atoms with E-state index in [1.54, 1.807) is 24.3 Å². The van der Waals surface area contributed by atoms with Crippen LogP contribution < -0.4 is 4.31 Å². The zero-order valence-electron chi connectivity index (χ0n) is 7.37. The molecule has 0 heterocycles. The second-order valence-electron chi connectivity index (χ2n) is 2.72. The van der Waals surface area contributed by atoms with Crippen LogP contribution in [0, 0.1) is 0 Å². The van der Waals surface area contributed by atoms with Gasteiger partial charge in [-0.05, 0) is 12.1 Å². The number of rotatable bonds is 4. The second kappa shape index (κ2) is 4.88. The molecule has 1 unspecified atom stereocenters. The van der Waals surface area contributed by atoms with Gasteiger partial charge in [-0.2, -0.15) is 0 Å². The summed E-state index contributed by atoms with van der Waals surface area (Å²) in [5, 5.41) is 17.6. The maximum atomic E-state index is 10.7. The Morgan fingerprint density at radius 2 is 2.00 bits per heavy atom. The third-order valence-electron chi connectivity index (χ3n) is 1.77. The lowest BCUT2D eigenvalue weighted by molar-refractivity contribution is -0.139. The Kier molecular flexibility index (Phi) is 3.79. The van der Waals surface area contributed by atoms with Gasteiger partial charge < -0.3 is 14.5 Å². The number of carbonyl (C=O) groups is 1. The number of aliphatic carboxylic acids is 1. The fourth-order valence-electron chi connectivity index (χ4n) is 1.02. The third kappa shape index (κ3) is 2.40. The van der Waals surface area contributed by atoms with Crippen LogP contribution in [-0.4, -0.2) is 28.8 Å². The number of hydrogen-bond acceptors (Lipinski definition) is 4. The zero-order valence-corrected chi connectivity index (χ0v) is 8.26. The molecule has 0 amide bonds. The Labute approximate surface area is 87.3 Å². The molecule has 14 heavy (non-hydrogen) atoms. The van der Waals surface area contributed by atoms with Crippen molar-refractivity contribution in [3.05, 3.63) is 30.3 Å². The minimum absolute atomic E-state index is 0.478. The Morgan fingerprint density at radius 1 is 1.43 bits per heavy atom. The van der Waals surface area contributed by atoms with Crippen molar-refractivity contribution < 1.29 is 15.0 Å². The van der Waals surface area contributed by atoms with E-state index in [4.69, 9.17) is 10.2 Å². The number of benzene rings is 1. The summed E-state index contributed by atoms with van der Waals surface area (Å²) in [5.41, 5.74) is 0.636. The molecular weight excluding hydrogens is 202 g/mol. The van der Waals surface area contributed by atoms with Gasteiger partial charge in [0.1, 0.15) is 0 Å². The smallest absolute Gasteiger partial charge is 0.329 e. The summed E-state index contributed by atoms with van der Waals surface area (Å²) in [6.45, 7) is -0.478. The minimum Gasteiger partial charge on any atom is -0.480 e. The Balaban J connectivity index is 2.83. The molecule has 0 saturated heterocycles. The molecule has 0 bridgehead atoms. The standard InChI is InChI=1S/C9H11NO3S/c11-6-8(9(12)13)10(14)7-4-2-1-3-5-7/h1-5,8,11,14H,6H2,(H,12,13). The molecule has 0 saturated carbocycles. The van der Waals surface area contributed by atoms with Crippen LogP contribution in [0.2, 0.25) is 0 Å². The first kappa shape index (κ1) is 10.9. The van der Waals surface area contributed by atoms with Gasteiger partial charge in [0, 0.05) is 5.69 Å². The van der Waals surface area contributed by atoms with Crippen LogP contribution in [-0.2, 0) is 4.79 Å². The second-order valence-corrected chi connectivity index (χ2v) is 3.15. The lowest BCUT2D eigenvalue weighted by Crippen LogP contribution is -2.38. The Morgan fingerprint density at radius 3 is 2.43 bits per heavy atom. The summed E-state index contributed by atoms with van der Waals surface area (Å²) in [6.07, 6.45) is 0. The maximum absolute atomic E-state index is 10.7. The number of hydrogen-bond donors (Lipinski definition) is 3. The molecule has 0 aromatic heterocycles. The number of aliphatic hydroxyl groups is 1. The van der Waals surface area contributed by atoms with Crippen LogP contribution in [0.15, 0.2) is 30.3 Å². The molecule has 4 nitrogen and oxygen atoms in total. The van der Waals surface area contributed by atoms with Gasteiger partial charge in [-0.25, -0.2) is 4.79 Å². The normalized spacial score (nSPS) is 12.1. The van der Waals surface area contributed by atoms with E-state index in [9.17, 15) is 4.79 Å². The first-order valence-electron chi connectivity index (χ1n) is 4.03. The van der Waals surface area contributed by atoms with E-state index in [1.807, 2.05) is 6.07 Å². The number of nitrogens with zero attached hydrogens (tertiary/aromatic N) is 1. The summed E-state index contributed by atoms with van der Waals surface area (Å²) in [5.74, 6) is -1.11. The highest BCUT2D eigenvalue weighted by Crippen LogP contribution is 2.18. The van der Waals surface area contributed by atoms with Crippen LogP contribution in [0.4, 0.5) is 5.69 Å². The van der Waals surface area contributed by atoms with Gasteiger partial charge in [-0.15, -0.1) is 0 Å². The molecule has 1 aromatic rings. The molecule has 1 rings (SSSR count). The van der Waals surface area contributed by atoms with Crippen LogP contribution >= 0.6 is 12.8 Å². The first-order chi connectivity index (χ1) is 6.66. The molecule has 0 aliphatic rings. The van der Waals surface area contributed by atoms with Crippen molar-refractivity contribution in [3.8, 4) is 0 Å². The molecule has 5 heteroatoms. The molecule has 0 spiro atoms. The monoisotopic (exact) mass is 213 g/mol. The van der Waals surface area contributed by atoms with Crippen molar-refractivity contribution in [1.82, 2.24) is 0 Å². The van der Waals surface area contributed by atoms with Gasteiger partial charge in [-0.3, -0.25) is 0 Å². The third-order valence-corrected chi connectivity index (χ3v) is 2.28. The van der Waals surface area contributed by atoms with Crippen molar-refractivity contribution in [3.63, 3.8) is 0 Å². The predicted molar refractivity (Wildman–Crippen MR) is 56.4 cm³/mol. The first-order valence-corrected chi connectivity index (χ1v) is 4.43. The van der Waals surface area contributed by atoms with Gasteiger partial charge in [0.2, 0.25) is 0 Å². The molecule has 0 radical (unpaired) electrons. The van der Waals surface area contributed by atoms with E-state index in [0.29, 0.717) is 5.69 Å². The highest BCUT2D eigenvalue weighted by molar-refractivity contribution is 7.81. The summed E-state index contributed by atoms with van der Waals surface area (Å²) < 4.78 is 1.22. The number of carboxylic acids is 1. The molecule has 76 valence electrons. The van der Waals surface area contributed by atoms with Crippen molar-refractivity contribution >= 4 is 24.5 Å². The molecule has 0 aliphatic carbocycles. The van der Waals surface area contributed by atoms with Gasteiger partial charge >= 0.3 is 5.97 Å². The number of thiol groups is 1. The average molecular weight is 213 g/mol. The van der Waals surface area contributed by atoms with E-state index in [-0.39, 0.29) is 0 Å². The van der Waals surface area contributed by atoms with Crippen molar-refractivity contribution in [2.45, 2.75) is 6.04 Å². The zero-order chi connectivity index (χ0) is 10.6. The summed E-state index contributed by atoms with van der Waals surface area (Å²) >= 11 is 4.03. The van der Waals surface area contributed by atoms with Crippen LogP contribution in [0.25, 0.3) is 0 Å². The SMILES string of the molecule is O=C(O)C(CO)N(S)c1ccccc1. The predicted octanol–water partition coefficient (Wildman–Crippen LogP) is 0.783. The lowest BCUT2D eigenvalue weighted by Gasteiger charge is -2.23. The van der Waals surface area contributed by atoms with Gasteiger partial charge in [0.15, 0.2) is 6.04 Å². The Hall–Kier alpha value is -1.20. The van der Waals surface area contributed by atoms with E-state index in [1.165, 1.54) is 4.31 Å². The highest BCUT2D eigenvalue weighted by atomic mass is 32.1. The summed E-state index contributed by atoms with van der Waals surface area (Å²) in [7, 11) is 0. The number of para-hydroxylation sites is 1. The highest BCUT2D eigenvalue weighted by Gasteiger charge is 2.22. The molecular formula is C9H11NO3S. The maximum Gasteiger partial charge on any atom is 0.329 e. The van der Waals surface area contributed by atoms with Crippen molar-refractivity contribution in [2.24, 2.45) is 0 Å². The van der Waals surface area contributed by atoms with Gasteiger partial charge in [0.25, 0.3) is 0 Å².